The van der Waals surface area contributed by atoms with Crippen LogP contribution in [0.4, 0.5) is 8.78 Å². The van der Waals surface area contributed by atoms with Crippen LogP contribution in [0.2, 0.25) is 0 Å². The van der Waals surface area contributed by atoms with Gasteiger partial charge in [-0.05, 0) is 126 Å². The number of halogens is 3. The van der Waals surface area contributed by atoms with Crippen LogP contribution in [0.25, 0.3) is 56.2 Å². The summed E-state index contributed by atoms with van der Waals surface area (Å²) in [6.45, 7) is 8.59. The average molecular weight is 1290 g/mol. The van der Waals surface area contributed by atoms with Crippen LogP contribution in [0.5, 0.6) is 0 Å². The summed E-state index contributed by atoms with van der Waals surface area (Å²) in [5.74, 6) is 7.94. The van der Waals surface area contributed by atoms with Crippen LogP contribution in [0, 0.1) is 35.8 Å². The molecule has 4 fully saturated rings. The number of ether oxygens (including phenoxy) is 2. The fourth-order valence-corrected chi connectivity index (χ4v) is 14.4. The Kier molecular flexibility index (Phi) is 24.4. The van der Waals surface area contributed by atoms with E-state index in [1.165, 1.54) is 24.3 Å². The average Bonchev–Trinajstić information content (AvgIpc) is 3.23. The molecule has 4 aromatic carbocycles. The van der Waals surface area contributed by atoms with Crippen LogP contribution >= 0.6 is 31.1 Å². The lowest BCUT2D eigenvalue weighted by atomic mass is 9.89. The van der Waals surface area contributed by atoms with E-state index in [1.54, 1.807) is 39.8 Å². The van der Waals surface area contributed by atoms with Crippen molar-refractivity contribution in [3.63, 3.8) is 0 Å². The Morgan fingerprint density at radius 3 is 1.52 bits per heavy atom. The van der Waals surface area contributed by atoms with E-state index in [4.69, 9.17) is 44.0 Å². The van der Waals surface area contributed by atoms with Gasteiger partial charge >= 0.3 is 27.1 Å². The van der Waals surface area contributed by atoms with Crippen molar-refractivity contribution in [2.75, 3.05) is 38.8 Å². The molecule has 10 rings (SSSR count). The van der Waals surface area contributed by atoms with Gasteiger partial charge in [0, 0.05) is 80.6 Å². The first kappa shape index (κ1) is 66.7. The Labute approximate surface area is 517 Å². The van der Waals surface area contributed by atoms with Gasteiger partial charge in [-0.2, -0.15) is 0 Å². The number of hydrogen-bond donors (Lipinski definition) is 2. The van der Waals surface area contributed by atoms with E-state index in [2.05, 4.69) is 33.7 Å². The maximum atomic E-state index is 14.6. The van der Waals surface area contributed by atoms with Crippen molar-refractivity contribution in [1.29, 1.82) is 0 Å². The number of fused-ring (bicyclic) bond motifs is 2. The smallest absolute Gasteiger partial charge is 0.330 e. The number of hydrogen-bond acceptors (Lipinski definition) is 14. The zero-order chi connectivity index (χ0) is 62.1. The molecule has 2 aliphatic carbocycles. The van der Waals surface area contributed by atoms with Crippen LogP contribution in [-0.4, -0.2) is 95.3 Å². The lowest BCUT2D eigenvalue weighted by molar-refractivity contribution is -0.157. The SMILES string of the molecule is C#CCCCP(=O)(OCC)OCC.CCOP(=O)(CCCC#Cc1cc(F)ccc1-c1c(/C=C/[C@@H]2C[C@@H](O)CC(=O)O2)c(C2CC2)nc2ccccc12)OCC.O=C1C[C@H](O)C[C@@H](/C=C/c2c(C3CC3)nc3ccccc3c2-c2ccc(F)cc2Br)O1. The summed E-state index contributed by atoms with van der Waals surface area (Å²) < 4.78 is 85.5. The zero-order valence-electron chi connectivity index (χ0n) is 49.6. The van der Waals surface area contributed by atoms with Gasteiger partial charge in [-0.3, -0.25) is 28.7 Å². The molecule has 14 nitrogen and oxygen atoms in total. The number of benzene rings is 4. The summed E-state index contributed by atoms with van der Waals surface area (Å²) in [4.78, 5) is 33.7. The highest BCUT2D eigenvalue weighted by atomic mass is 79.9. The fourth-order valence-electron chi connectivity index (χ4n) is 10.5. The maximum absolute atomic E-state index is 14.6. The van der Waals surface area contributed by atoms with Crippen molar-refractivity contribution in [2.24, 2.45) is 0 Å². The molecule has 2 saturated carbocycles. The third-order valence-electron chi connectivity index (χ3n) is 14.6. The van der Waals surface area contributed by atoms with Gasteiger partial charge in [0.1, 0.15) is 23.8 Å². The number of unbranched alkanes of at least 4 members (excludes halogenated alkanes) is 2. The number of aromatic nitrogens is 2. The van der Waals surface area contributed by atoms with Crippen LogP contribution in [0.1, 0.15) is 145 Å². The Morgan fingerprint density at radius 2 is 1.08 bits per heavy atom. The molecule has 19 heteroatoms. The van der Waals surface area contributed by atoms with Crippen molar-refractivity contribution >= 4 is 77.0 Å². The topological polar surface area (TPSA) is 190 Å². The largest absolute Gasteiger partial charge is 0.458 e. The quantitative estimate of drug-likeness (QED) is 0.0282. The number of pyridine rings is 2. The molecule has 0 spiro atoms. The molecule has 2 N–H and O–H groups in total. The van der Waals surface area contributed by atoms with E-state index in [9.17, 15) is 37.7 Å². The number of rotatable bonds is 22. The third kappa shape index (κ3) is 18.7. The predicted molar refractivity (Wildman–Crippen MR) is 340 cm³/mol. The molecular weight excluding hydrogens is 1220 g/mol. The molecule has 0 amide bonds. The molecular formula is C68H75BrF2N2O12P2. The van der Waals surface area contributed by atoms with Gasteiger partial charge in [-0.25, -0.2) is 8.78 Å². The Bertz CT molecular complexity index is 3660. The van der Waals surface area contributed by atoms with Crippen molar-refractivity contribution in [3.8, 4) is 46.4 Å². The molecule has 2 aromatic heterocycles. The second kappa shape index (κ2) is 31.8. The first-order valence-corrected chi connectivity index (χ1v) is 34.1. The van der Waals surface area contributed by atoms with Gasteiger partial charge in [0.15, 0.2) is 0 Å². The highest BCUT2D eigenvalue weighted by Crippen LogP contribution is 2.51. The van der Waals surface area contributed by atoms with Crippen molar-refractivity contribution in [2.45, 2.75) is 141 Å². The lowest BCUT2D eigenvalue weighted by Gasteiger charge is -2.24. The number of para-hydroxylation sites is 2. The second-order valence-electron chi connectivity index (χ2n) is 21.5. The van der Waals surface area contributed by atoms with Gasteiger partial charge < -0.3 is 37.8 Å². The van der Waals surface area contributed by atoms with E-state index in [0.29, 0.717) is 93.0 Å². The van der Waals surface area contributed by atoms with Crippen LogP contribution in [0.3, 0.4) is 0 Å². The highest BCUT2D eigenvalue weighted by Gasteiger charge is 2.33. The summed E-state index contributed by atoms with van der Waals surface area (Å²) in [5, 5.41) is 21.9. The molecule has 4 heterocycles. The summed E-state index contributed by atoms with van der Waals surface area (Å²) in [6, 6.07) is 25.1. The van der Waals surface area contributed by atoms with Crippen LogP contribution < -0.4 is 0 Å². The standard InChI is InChI=1S/C34H37FNO6P.C25H21BrFNO3.C9H17O3P/c1-3-40-43(39,41-4-2)19-9-5-6-10-24-20-25(35)15-17-28(24)33-29-11-7-8-12-31(29)36-34(23-13-14-23)30(33)18-16-27-21-26(37)22-32(38)42-27;26-21-11-15(27)7-9-18(21)24-19-3-1-2-4-22(19)28-25(14-5-6-14)20(24)10-8-17-12-16(29)13-23(30)31-17;1-4-7-8-9-13(10,11-5-2)12-6-3/h7-8,11-12,15-18,20,23,26-27,37H,3-5,9,13-14,19,21-22H2,1-2H3;1-4,7-11,14,16-17,29H,5-6,12-13H2;1H,5-9H2,2-3H3/b18-16+;10-8+;/t26-,27-;16-,17-;/m11./s1. The van der Waals surface area contributed by atoms with E-state index < -0.39 is 57.4 Å². The van der Waals surface area contributed by atoms with E-state index in [-0.39, 0.29) is 24.8 Å². The number of carbonyl (C=O) groups excluding carboxylic acids is 2. The van der Waals surface area contributed by atoms with E-state index in [1.807, 2.05) is 72.8 Å². The molecule has 0 radical (unpaired) electrons. The number of aliphatic hydroxyl groups is 2. The predicted octanol–water partition coefficient (Wildman–Crippen LogP) is 15.8. The number of esters is 2. The zero-order valence-corrected chi connectivity index (χ0v) is 52.9. The summed E-state index contributed by atoms with van der Waals surface area (Å²) in [7, 11) is -6.00. The summed E-state index contributed by atoms with van der Waals surface area (Å²) in [5.41, 5.74) is 9.53. The minimum Gasteiger partial charge on any atom is -0.458 e. The number of carbonyl (C=O) groups is 2. The van der Waals surface area contributed by atoms with Gasteiger partial charge in [0.05, 0.1) is 86.2 Å². The second-order valence-corrected chi connectivity index (χ2v) is 26.7. The number of nitrogens with zero attached hydrogens (tertiary/aromatic N) is 2. The van der Waals surface area contributed by atoms with Crippen molar-refractivity contribution in [1.82, 2.24) is 9.97 Å². The Hall–Kier alpha value is -6.20. The summed E-state index contributed by atoms with van der Waals surface area (Å²) in [6.07, 6.45) is 18.0. The molecule has 4 atom stereocenters. The van der Waals surface area contributed by atoms with Gasteiger partial charge in [-0.15, -0.1) is 12.3 Å². The van der Waals surface area contributed by atoms with Gasteiger partial charge in [-0.1, -0.05) is 88.5 Å². The maximum Gasteiger partial charge on any atom is 0.330 e. The molecule has 460 valence electrons. The van der Waals surface area contributed by atoms with E-state index in [0.717, 1.165) is 92.3 Å². The minimum atomic E-state index is -3.16. The van der Waals surface area contributed by atoms with Crippen molar-refractivity contribution in [3.05, 3.63) is 141 Å². The molecule has 87 heavy (non-hydrogen) atoms. The molecule has 4 aliphatic rings. The molecule has 0 unspecified atom stereocenters. The Balaban J connectivity index is 0.000000194. The van der Waals surface area contributed by atoms with Gasteiger partial charge in [0.25, 0.3) is 0 Å². The minimum absolute atomic E-state index is 0.00708. The molecule has 6 aromatic rings. The highest BCUT2D eigenvalue weighted by molar-refractivity contribution is 9.10. The molecule has 2 saturated heterocycles. The van der Waals surface area contributed by atoms with E-state index >= 15 is 0 Å². The summed E-state index contributed by atoms with van der Waals surface area (Å²) >= 11 is 3.54. The lowest BCUT2D eigenvalue weighted by Crippen LogP contribution is -2.31. The molecule has 2 aliphatic heterocycles. The number of cyclic esters (lactones) is 2. The van der Waals surface area contributed by atoms with Crippen molar-refractivity contribution < 1.29 is 65.3 Å². The fraction of sp³-hybridized carbons (Fsp3) is 0.412. The first-order chi connectivity index (χ1) is 42.0. The number of aliphatic hydroxyl groups excluding tert-OH is 2. The van der Waals surface area contributed by atoms with Crippen LogP contribution in [-0.2, 0) is 46.3 Å². The first-order valence-electron chi connectivity index (χ1n) is 29.9. The van der Waals surface area contributed by atoms with Gasteiger partial charge in [0.2, 0.25) is 0 Å². The van der Waals surface area contributed by atoms with Crippen LogP contribution in [0.15, 0.2) is 102 Å². The normalized spacial score (nSPS) is 18.7. The monoisotopic (exact) mass is 1290 g/mol. The Morgan fingerprint density at radius 1 is 0.644 bits per heavy atom. The molecule has 0 bridgehead atoms. The number of terminal acetylenes is 1. The third-order valence-corrected chi connectivity index (χ3v) is 19.6.